The number of aromatic nitrogens is 1. The first-order valence-electron chi connectivity index (χ1n) is 8.78. The van der Waals surface area contributed by atoms with E-state index in [1.165, 1.54) is 0 Å². The van der Waals surface area contributed by atoms with Gasteiger partial charge in [-0.15, -0.1) is 0 Å². The van der Waals surface area contributed by atoms with Crippen LogP contribution in [0.3, 0.4) is 0 Å². The van der Waals surface area contributed by atoms with E-state index in [-0.39, 0.29) is 17.4 Å². The van der Waals surface area contributed by atoms with E-state index in [0.717, 1.165) is 27.9 Å². The van der Waals surface area contributed by atoms with Crippen LogP contribution in [0, 0.1) is 0 Å². The molecule has 6 heteroatoms. The molecule has 0 aliphatic carbocycles. The Morgan fingerprint density at radius 1 is 0.964 bits per heavy atom. The maximum Gasteiger partial charge on any atom is 0.230 e. The third kappa shape index (κ3) is 4.24. The number of nitrogens with one attached hydrogen (secondary N) is 2. The maximum absolute atomic E-state index is 12.1. The lowest BCUT2D eigenvalue weighted by atomic mass is 10.1. The highest BCUT2D eigenvalue weighted by Gasteiger charge is 2.10. The molecule has 0 unspecified atom stereocenters. The average Bonchev–Trinajstić information content (AvgIpc) is 3.13. The molecule has 0 saturated carbocycles. The summed E-state index contributed by atoms with van der Waals surface area (Å²) < 4.78 is 5.80. The van der Waals surface area contributed by atoms with Crippen molar-refractivity contribution in [2.75, 3.05) is 5.32 Å². The number of hydrogen-bond donors (Lipinski definition) is 2. The van der Waals surface area contributed by atoms with Gasteiger partial charge in [0.1, 0.15) is 5.52 Å². The van der Waals surface area contributed by atoms with Gasteiger partial charge in [0.25, 0.3) is 0 Å². The number of oxazole rings is 1. The number of fused-ring (bicyclic) bond motifs is 1. The topological polar surface area (TPSA) is 67.2 Å². The fraction of sp³-hybridized carbons (Fsp3) is 0.0455. The number of para-hydroxylation sites is 2. The minimum atomic E-state index is -0.168. The molecule has 5 nitrogen and oxygen atoms in total. The van der Waals surface area contributed by atoms with Crippen LogP contribution in [0.2, 0.25) is 0 Å². The Morgan fingerprint density at radius 3 is 2.57 bits per heavy atom. The van der Waals surface area contributed by atoms with E-state index in [0.29, 0.717) is 5.89 Å². The lowest BCUT2D eigenvalue weighted by Gasteiger charge is -2.10. The van der Waals surface area contributed by atoms with Crippen molar-refractivity contribution in [3.63, 3.8) is 0 Å². The van der Waals surface area contributed by atoms with Gasteiger partial charge in [-0.25, -0.2) is 4.98 Å². The van der Waals surface area contributed by atoms with Crippen LogP contribution in [-0.2, 0) is 11.2 Å². The minimum Gasteiger partial charge on any atom is -0.436 e. The van der Waals surface area contributed by atoms with E-state index in [1.807, 2.05) is 78.9 Å². The highest BCUT2D eigenvalue weighted by molar-refractivity contribution is 7.80. The van der Waals surface area contributed by atoms with Gasteiger partial charge in [0.2, 0.25) is 11.8 Å². The molecule has 2 N–H and O–H groups in total. The van der Waals surface area contributed by atoms with Gasteiger partial charge in [0.15, 0.2) is 10.7 Å². The first kappa shape index (κ1) is 17.9. The normalized spacial score (nSPS) is 10.6. The van der Waals surface area contributed by atoms with Crippen molar-refractivity contribution >= 4 is 40.0 Å². The highest BCUT2D eigenvalue weighted by Crippen LogP contribution is 2.26. The van der Waals surface area contributed by atoms with Gasteiger partial charge in [0, 0.05) is 11.3 Å². The van der Waals surface area contributed by atoms with Gasteiger partial charge >= 0.3 is 0 Å². The predicted molar refractivity (Wildman–Crippen MR) is 114 cm³/mol. The Kier molecular flexibility index (Phi) is 5.12. The number of nitrogens with zero attached hydrogens (tertiary/aromatic N) is 1. The number of anilines is 1. The summed E-state index contributed by atoms with van der Waals surface area (Å²) >= 11 is 5.26. The molecule has 0 spiro atoms. The number of rotatable bonds is 4. The second kappa shape index (κ2) is 8.02. The second-order valence-corrected chi connectivity index (χ2v) is 6.64. The van der Waals surface area contributed by atoms with E-state index in [4.69, 9.17) is 16.6 Å². The summed E-state index contributed by atoms with van der Waals surface area (Å²) in [5, 5.41) is 5.98. The van der Waals surface area contributed by atoms with Crippen molar-refractivity contribution in [3.8, 4) is 11.5 Å². The summed E-state index contributed by atoms with van der Waals surface area (Å²) in [6.07, 6.45) is 0.269. The molecule has 28 heavy (non-hydrogen) atoms. The summed E-state index contributed by atoms with van der Waals surface area (Å²) in [4.78, 5) is 16.6. The molecule has 0 fully saturated rings. The lowest BCUT2D eigenvalue weighted by Crippen LogP contribution is -2.35. The Bertz CT molecular complexity index is 1110. The van der Waals surface area contributed by atoms with Crippen molar-refractivity contribution in [3.05, 3.63) is 84.4 Å². The van der Waals surface area contributed by atoms with Crippen molar-refractivity contribution in [1.29, 1.82) is 0 Å². The maximum atomic E-state index is 12.1. The molecule has 0 bridgehead atoms. The second-order valence-electron chi connectivity index (χ2n) is 6.23. The number of benzene rings is 3. The molecule has 0 aliphatic rings. The van der Waals surface area contributed by atoms with Crippen molar-refractivity contribution in [2.45, 2.75) is 6.42 Å². The summed E-state index contributed by atoms with van der Waals surface area (Å²) in [5.41, 5.74) is 4.03. The first-order chi connectivity index (χ1) is 13.7. The third-order valence-electron chi connectivity index (χ3n) is 4.12. The van der Waals surface area contributed by atoms with Crippen LogP contribution in [-0.4, -0.2) is 16.0 Å². The molecule has 4 rings (SSSR count). The van der Waals surface area contributed by atoms with Crippen LogP contribution in [0.5, 0.6) is 0 Å². The van der Waals surface area contributed by atoms with Gasteiger partial charge in [-0.1, -0.05) is 48.5 Å². The van der Waals surface area contributed by atoms with E-state index in [9.17, 15) is 4.79 Å². The van der Waals surface area contributed by atoms with Gasteiger partial charge in [-0.05, 0) is 48.1 Å². The first-order valence-corrected chi connectivity index (χ1v) is 9.19. The monoisotopic (exact) mass is 387 g/mol. The SMILES string of the molecule is O=C(Cc1ccccc1)NC(=S)Nc1cccc(-c2nc3ccccc3o2)c1. The Hall–Kier alpha value is -3.51. The number of carbonyl (C=O) groups is 1. The molecule has 138 valence electrons. The van der Waals surface area contributed by atoms with Crippen molar-refractivity contribution in [1.82, 2.24) is 10.3 Å². The number of hydrogen-bond acceptors (Lipinski definition) is 4. The minimum absolute atomic E-state index is 0.168. The van der Waals surface area contributed by atoms with Crippen LogP contribution in [0.4, 0.5) is 5.69 Å². The molecule has 3 aromatic carbocycles. The highest BCUT2D eigenvalue weighted by atomic mass is 32.1. The predicted octanol–water partition coefficient (Wildman–Crippen LogP) is 4.55. The van der Waals surface area contributed by atoms with Gasteiger partial charge in [0.05, 0.1) is 6.42 Å². The molecule has 0 atom stereocenters. The van der Waals surface area contributed by atoms with E-state index < -0.39 is 0 Å². The molecule has 0 aliphatic heterocycles. The van der Waals surface area contributed by atoms with E-state index >= 15 is 0 Å². The fourth-order valence-corrected chi connectivity index (χ4v) is 3.07. The smallest absolute Gasteiger partial charge is 0.230 e. The molecule has 1 aromatic heterocycles. The standard InChI is InChI=1S/C22H17N3O2S/c26-20(13-15-7-2-1-3-8-15)25-22(28)23-17-10-6-9-16(14-17)21-24-18-11-4-5-12-19(18)27-21/h1-12,14H,13H2,(H2,23,25,26,28). The molecular weight excluding hydrogens is 370 g/mol. The fourth-order valence-electron chi connectivity index (χ4n) is 2.84. The van der Waals surface area contributed by atoms with Crippen LogP contribution in [0.1, 0.15) is 5.56 Å². The number of thiocarbonyl (C=S) groups is 1. The quantitative estimate of drug-likeness (QED) is 0.503. The Morgan fingerprint density at radius 2 is 1.75 bits per heavy atom. The van der Waals surface area contributed by atoms with Crippen LogP contribution < -0.4 is 10.6 Å². The third-order valence-corrected chi connectivity index (χ3v) is 4.33. The summed E-state index contributed by atoms with van der Waals surface area (Å²) in [7, 11) is 0. The molecule has 4 aromatic rings. The average molecular weight is 387 g/mol. The van der Waals surface area contributed by atoms with Crippen molar-refractivity contribution in [2.24, 2.45) is 0 Å². The summed E-state index contributed by atoms with van der Waals surface area (Å²) in [6, 6.07) is 24.7. The molecule has 0 radical (unpaired) electrons. The lowest BCUT2D eigenvalue weighted by molar-refractivity contribution is -0.119. The molecular formula is C22H17N3O2S. The van der Waals surface area contributed by atoms with E-state index in [2.05, 4.69) is 15.6 Å². The zero-order chi connectivity index (χ0) is 19.3. The molecule has 1 amide bonds. The Labute approximate surface area is 167 Å². The van der Waals surface area contributed by atoms with E-state index in [1.54, 1.807) is 0 Å². The van der Waals surface area contributed by atoms with Crippen LogP contribution in [0.25, 0.3) is 22.6 Å². The van der Waals surface area contributed by atoms with Crippen LogP contribution >= 0.6 is 12.2 Å². The summed E-state index contributed by atoms with van der Waals surface area (Å²) in [6.45, 7) is 0. The van der Waals surface area contributed by atoms with Gasteiger partial charge in [-0.3, -0.25) is 4.79 Å². The summed E-state index contributed by atoms with van der Waals surface area (Å²) in [5.74, 6) is 0.364. The zero-order valence-electron chi connectivity index (χ0n) is 14.9. The Balaban J connectivity index is 1.43. The molecule has 1 heterocycles. The zero-order valence-corrected chi connectivity index (χ0v) is 15.7. The largest absolute Gasteiger partial charge is 0.436 e. The van der Waals surface area contributed by atoms with Crippen molar-refractivity contribution < 1.29 is 9.21 Å². The van der Waals surface area contributed by atoms with Crippen LogP contribution in [0.15, 0.2) is 83.3 Å². The van der Waals surface area contributed by atoms with Gasteiger partial charge in [-0.2, -0.15) is 0 Å². The number of amides is 1. The van der Waals surface area contributed by atoms with Gasteiger partial charge < -0.3 is 15.1 Å². The molecule has 0 saturated heterocycles. The number of carbonyl (C=O) groups excluding carboxylic acids is 1.